The van der Waals surface area contributed by atoms with E-state index in [1.165, 1.54) is 173 Å². The summed E-state index contributed by atoms with van der Waals surface area (Å²) in [5, 5.41) is 23.2. The van der Waals surface area contributed by atoms with E-state index >= 15 is 0 Å². The quantitative estimate of drug-likeness (QED) is 0.0420. The van der Waals surface area contributed by atoms with E-state index in [2.05, 4.69) is 141 Å². The van der Waals surface area contributed by atoms with Crippen LogP contribution in [0.1, 0.15) is 284 Å². The molecule has 422 valence electrons. The first-order valence-corrected chi connectivity index (χ1v) is 31.4. The average molecular weight is 1020 g/mol. The highest BCUT2D eigenvalue weighted by molar-refractivity contribution is 5.76. The molecule has 0 aliphatic carbocycles. The Morgan fingerprint density at radius 1 is 0.338 bits per heavy atom. The first-order valence-electron chi connectivity index (χ1n) is 31.4. The summed E-state index contributed by atoms with van der Waals surface area (Å²) in [5.74, 6) is -0.0801. The number of nitrogens with one attached hydrogen (secondary N) is 1. The molecule has 74 heavy (non-hydrogen) atoms. The van der Waals surface area contributed by atoms with Gasteiger partial charge in [-0.25, -0.2) is 0 Å². The number of hydrogen-bond acceptors (Lipinski definition) is 3. The lowest BCUT2D eigenvalue weighted by atomic mass is 10.0. The predicted molar refractivity (Wildman–Crippen MR) is 331 cm³/mol. The Kier molecular flexibility index (Phi) is 60.8. The van der Waals surface area contributed by atoms with Crippen molar-refractivity contribution in [3.8, 4) is 0 Å². The van der Waals surface area contributed by atoms with E-state index in [1.807, 2.05) is 6.08 Å². The molecule has 0 heterocycles. The van der Waals surface area contributed by atoms with Crippen LogP contribution in [0.25, 0.3) is 0 Å². The molecule has 0 bridgehead atoms. The van der Waals surface area contributed by atoms with Gasteiger partial charge in [-0.05, 0) is 103 Å². The third kappa shape index (κ3) is 59.4. The molecular weight excluding hydrogens is 903 g/mol. The molecule has 4 heteroatoms. The Balaban J connectivity index is 3.60. The van der Waals surface area contributed by atoms with E-state index in [1.54, 1.807) is 6.08 Å². The molecule has 0 rings (SSSR count). The number of aliphatic hydroxyl groups is 2. The molecule has 0 aromatic carbocycles. The summed E-state index contributed by atoms with van der Waals surface area (Å²) in [6.07, 6.45) is 99.2. The first kappa shape index (κ1) is 70.5. The normalized spacial score (nSPS) is 13.7. The topological polar surface area (TPSA) is 69.6 Å². The molecule has 2 atom stereocenters. The smallest absolute Gasteiger partial charge is 0.220 e. The molecule has 1 amide bonds. The van der Waals surface area contributed by atoms with E-state index in [-0.39, 0.29) is 12.5 Å². The first-order chi connectivity index (χ1) is 36.7. The number of aliphatic hydroxyl groups excluding tert-OH is 2. The van der Waals surface area contributed by atoms with Gasteiger partial charge in [-0.3, -0.25) is 4.79 Å². The molecule has 0 aromatic rings. The second kappa shape index (κ2) is 63.8. The SMILES string of the molecule is CC/C=C\C/C=C\C/C=C\C/C=C\C/C=C\C/C=C\C/C=C\C/C=C\C/C=C\CCCCCCCCCCCCCC(=O)NC(CO)C(O)/C=C/CC/C=C/CCCCCCCCCCCCCCCCCCC. The molecule has 0 aliphatic heterocycles. The Morgan fingerprint density at radius 2 is 0.608 bits per heavy atom. The van der Waals surface area contributed by atoms with Gasteiger partial charge >= 0.3 is 0 Å². The zero-order valence-electron chi connectivity index (χ0n) is 48.6. The van der Waals surface area contributed by atoms with Crippen molar-refractivity contribution >= 4 is 5.91 Å². The Bertz CT molecular complexity index is 1490. The van der Waals surface area contributed by atoms with E-state index in [0.717, 1.165) is 89.9 Å². The van der Waals surface area contributed by atoms with Crippen molar-refractivity contribution in [2.24, 2.45) is 0 Å². The minimum absolute atomic E-state index is 0.0801. The van der Waals surface area contributed by atoms with Crippen molar-refractivity contribution in [2.45, 2.75) is 296 Å². The summed E-state index contributed by atoms with van der Waals surface area (Å²) in [6.45, 7) is 4.19. The molecule has 0 fully saturated rings. The van der Waals surface area contributed by atoms with Crippen LogP contribution in [-0.2, 0) is 4.79 Å². The van der Waals surface area contributed by atoms with E-state index in [4.69, 9.17) is 0 Å². The summed E-state index contributed by atoms with van der Waals surface area (Å²) in [5.41, 5.74) is 0. The highest BCUT2D eigenvalue weighted by Gasteiger charge is 2.18. The van der Waals surface area contributed by atoms with Gasteiger partial charge in [-0.15, -0.1) is 0 Å². The highest BCUT2D eigenvalue weighted by Crippen LogP contribution is 2.16. The maximum Gasteiger partial charge on any atom is 0.220 e. The molecule has 0 saturated carbocycles. The maximum absolute atomic E-state index is 12.5. The van der Waals surface area contributed by atoms with Crippen LogP contribution in [0.5, 0.6) is 0 Å². The lowest BCUT2D eigenvalue weighted by molar-refractivity contribution is -0.123. The van der Waals surface area contributed by atoms with Crippen molar-refractivity contribution in [3.63, 3.8) is 0 Å². The molecule has 0 radical (unpaired) electrons. The molecule has 0 saturated heterocycles. The van der Waals surface area contributed by atoms with Gasteiger partial charge in [0.05, 0.1) is 18.8 Å². The van der Waals surface area contributed by atoms with Crippen LogP contribution in [0.15, 0.2) is 134 Å². The van der Waals surface area contributed by atoms with Crippen LogP contribution in [-0.4, -0.2) is 34.9 Å². The standard InChI is InChI=1S/C70H119NO3/c1-3-5-7-9-11-13-15-17-19-21-23-25-27-28-29-30-31-32-33-34-35-36-37-38-39-40-41-42-44-46-48-50-52-54-56-58-60-62-64-66-70(74)71-68(67-72)69(73)65-63-61-59-57-55-53-51-49-47-45-43-26-24-22-20-18-16-14-12-10-8-6-4-2/h5,7,11,13,17,19,23,25,28-29,31-32,34-35,37-38,40-41,55,57,63,65,68-69,72-73H,3-4,6,8-10,12,14-16,18,20-22,24,26-27,30,33,36,39,42-54,56,58-62,64,66-67H2,1-2H3,(H,71,74)/b7-5-,13-11-,19-17-,25-23-,29-28-,32-31-,35-34-,38-37-,41-40-,57-55+,65-63+. The molecule has 0 aromatic heterocycles. The van der Waals surface area contributed by atoms with Crippen molar-refractivity contribution in [3.05, 3.63) is 134 Å². The average Bonchev–Trinajstić information content (AvgIpc) is 3.40. The van der Waals surface area contributed by atoms with Gasteiger partial charge in [0, 0.05) is 6.42 Å². The van der Waals surface area contributed by atoms with Gasteiger partial charge in [0.25, 0.3) is 0 Å². The summed E-state index contributed by atoms with van der Waals surface area (Å²) in [7, 11) is 0. The fraction of sp³-hybridized carbons (Fsp3) is 0.671. The summed E-state index contributed by atoms with van der Waals surface area (Å²) in [6, 6.07) is -0.650. The molecule has 3 N–H and O–H groups in total. The van der Waals surface area contributed by atoms with Gasteiger partial charge in [-0.2, -0.15) is 0 Å². The number of unbranched alkanes of at least 4 members (excludes halogenated alkanes) is 29. The zero-order chi connectivity index (χ0) is 53.4. The third-order valence-corrected chi connectivity index (χ3v) is 13.6. The fourth-order valence-electron chi connectivity index (χ4n) is 8.89. The Labute approximate surface area is 460 Å². The van der Waals surface area contributed by atoms with Crippen LogP contribution >= 0.6 is 0 Å². The highest BCUT2D eigenvalue weighted by atomic mass is 16.3. The van der Waals surface area contributed by atoms with Gasteiger partial charge < -0.3 is 15.5 Å². The van der Waals surface area contributed by atoms with E-state index in [9.17, 15) is 15.0 Å². The van der Waals surface area contributed by atoms with Crippen LogP contribution < -0.4 is 5.32 Å². The van der Waals surface area contributed by atoms with Crippen molar-refractivity contribution in [1.29, 1.82) is 0 Å². The fourth-order valence-corrected chi connectivity index (χ4v) is 8.89. The van der Waals surface area contributed by atoms with Crippen molar-refractivity contribution in [1.82, 2.24) is 5.32 Å². The van der Waals surface area contributed by atoms with E-state index in [0.29, 0.717) is 6.42 Å². The number of hydrogen-bond donors (Lipinski definition) is 3. The molecule has 0 spiro atoms. The largest absolute Gasteiger partial charge is 0.394 e. The Hall–Kier alpha value is -3.47. The molecule has 0 aliphatic rings. The minimum Gasteiger partial charge on any atom is -0.394 e. The van der Waals surface area contributed by atoms with Gasteiger partial charge in [0.2, 0.25) is 5.91 Å². The van der Waals surface area contributed by atoms with Crippen LogP contribution in [0.3, 0.4) is 0 Å². The van der Waals surface area contributed by atoms with Crippen LogP contribution in [0, 0.1) is 0 Å². The molecule has 4 nitrogen and oxygen atoms in total. The predicted octanol–water partition coefficient (Wildman–Crippen LogP) is 21.4. The van der Waals surface area contributed by atoms with Crippen molar-refractivity contribution in [2.75, 3.05) is 6.61 Å². The number of amides is 1. The Morgan fingerprint density at radius 3 is 0.946 bits per heavy atom. The lowest BCUT2D eigenvalue weighted by Crippen LogP contribution is -2.45. The van der Waals surface area contributed by atoms with Crippen molar-refractivity contribution < 1.29 is 15.0 Å². The third-order valence-electron chi connectivity index (χ3n) is 13.6. The molecular formula is C70H119NO3. The number of carbonyl (C=O) groups excluding carboxylic acids is 1. The monoisotopic (exact) mass is 1020 g/mol. The van der Waals surface area contributed by atoms with Crippen LogP contribution in [0.4, 0.5) is 0 Å². The lowest BCUT2D eigenvalue weighted by Gasteiger charge is -2.19. The minimum atomic E-state index is -0.873. The number of allylic oxidation sites excluding steroid dienone is 21. The van der Waals surface area contributed by atoms with Gasteiger partial charge in [0.15, 0.2) is 0 Å². The zero-order valence-corrected chi connectivity index (χ0v) is 48.6. The van der Waals surface area contributed by atoms with Gasteiger partial charge in [0.1, 0.15) is 0 Å². The number of carbonyl (C=O) groups is 1. The van der Waals surface area contributed by atoms with Crippen LogP contribution in [0.2, 0.25) is 0 Å². The number of rotatable bonds is 56. The second-order valence-corrected chi connectivity index (χ2v) is 20.7. The molecule has 2 unspecified atom stereocenters. The maximum atomic E-state index is 12.5. The summed E-state index contributed by atoms with van der Waals surface area (Å²) < 4.78 is 0. The summed E-state index contributed by atoms with van der Waals surface area (Å²) >= 11 is 0. The van der Waals surface area contributed by atoms with E-state index < -0.39 is 12.1 Å². The summed E-state index contributed by atoms with van der Waals surface area (Å²) in [4.78, 5) is 12.5. The second-order valence-electron chi connectivity index (χ2n) is 20.7. The van der Waals surface area contributed by atoms with Gasteiger partial charge in [-0.1, -0.05) is 308 Å².